The minimum Gasteiger partial charge on any atom is -0.366 e. The number of aromatic amines is 1. The van der Waals surface area contributed by atoms with Crippen LogP contribution in [-0.4, -0.2) is 29.0 Å². The van der Waals surface area contributed by atoms with Crippen molar-refractivity contribution in [3.8, 4) is 11.1 Å². The highest BCUT2D eigenvalue weighted by molar-refractivity contribution is 7.80. The Balaban J connectivity index is 1.68. The number of imide groups is 1. The van der Waals surface area contributed by atoms with Crippen LogP contribution in [0, 0.1) is 0 Å². The summed E-state index contributed by atoms with van der Waals surface area (Å²) in [6, 6.07) is 14.4. The van der Waals surface area contributed by atoms with Crippen molar-refractivity contribution < 1.29 is 9.59 Å². The lowest BCUT2D eigenvalue weighted by atomic mass is 9.80. The Morgan fingerprint density at radius 3 is 2.69 bits per heavy atom. The van der Waals surface area contributed by atoms with Crippen molar-refractivity contribution in [3.63, 3.8) is 0 Å². The van der Waals surface area contributed by atoms with Gasteiger partial charge in [0.2, 0.25) is 0 Å². The molecule has 0 saturated carbocycles. The molecule has 2 amide bonds. The van der Waals surface area contributed by atoms with Crippen LogP contribution >= 0.6 is 12.2 Å². The number of carbonyl (C=O) groups excluding carboxylic acids is 2. The third kappa shape index (κ3) is 2.61. The monoisotopic (exact) mass is 440 g/mol. The molecule has 0 spiro atoms. The van der Waals surface area contributed by atoms with Gasteiger partial charge in [0.15, 0.2) is 5.11 Å². The van der Waals surface area contributed by atoms with Gasteiger partial charge in [-0.05, 0) is 59.4 Å². The van der Waals surface area contributed by atoms with E-state index >= 15 is 0 Å². The molecule has 3 aromatic carbocycles. The van der Waals surface area contributed by atoms with Crippen molar-refractivity contribution >= 4 is 51.0 Å². The molecule has 1 aliphatic carbocycles. The molecule has 0 unspecified atom stereocenters. The Morgan fingerprint density at radius 2 is 1.84 bits per heavy atom. The normalized spacial score (nSPS) is 14.2. The van der Waals surface area contributed by atoms with Crippen molar-refractivity contribution in [3.05, 3.63) is 70.3 Å². The number of thiocarbonyl (C=S) groups is 1. The summed E-state index contributed by atoms with van der Waals surface area (Å²) in [5, 5.41) is 10.9. The predicted molar refractivity (Wildman–Crippen MR) is 129 cm³/mol. The van der Waals surface area contributed by atoms with E-state index in [0.29, 0.717) is 22.8 Å². The number of aryl methyl sites for hydroxylation is 1. The number of amides is 2. The van der Waals surface area contributed by atoms with E-state index in [-0.39, 0.29) is 11.8 Å². The Kier molecular flexibility index (Phi) is 4.10. The van der Waals surface area contributed by atoms with Gasteiger partial charge >= 0.3 is 0 Å². The number of nitrogens with one attached hydrogen (secondary N) is 4. The van der Waals surface area contributed by atoms with Crippen molar-refractivity contribution in [2.45, 2.75) is 19.4 Å². The highest BCUT2D eigenvalue weighted by Gasteiger charge is 2.37. The van der Waals surface area contributed by atoms with Crippen molar-refractivity contribution in [2.24, 2.45) is 0 Å². The maximum Gasteiger partial charge on any atom is 0.259 e. The highest BCUT2D eigenvalue weighted by atomic mass is 32.1. The molecule has 0 atom stereocenters. The molecule has 4 aromatic rings. The third-order valence-corrected chi connectivity index (χ3v) is 6.86. The molecule has 0 bridgehead atoms. The van der Waals surface area contributed by atoms with Crippen molar-refractivity contribution in [2.75, 3.05) is 7.05 Å². The van der Waals surface area contributed by atoms with Gasteiger partial charge in [0, 0.05) is 35.4 Å². The topological polar surface area (TPSA) is 86.0 Å². The van der Waals surface area contributed by atoms with Crippen LogP contribution in [0.15, 0.2) is 42.5 Å². The first kappa shape index (κ1) is 19.0. The van der Waals surface area contributed by atoms with Crippen LogP contribution in [0.2, 0.25) is 0 Å². The fourth-order valence-corrected chi connectivity index (χ4v) is 5.19. The summed E-state index contributed by atoms with van der Waals surface area (Å²) in [7, 11) is 1.78. The minimum absolute atomic E-state index is 0.297. The summed E-state index contributed by atoms with van der Waals surface area (Å²) in [6.45, 7) is 0.559. The second-order valence-corrected chi connectivity index (χ2v) is 8.64. The smallest absolute Gasteiger partial charge is 0.259 e. The molecule has 6 rings (SSSR count). The fourth-order valence-electron chi connectivity index (χ4n) is 5.11. The van der Waals surface area contributed by atoms with E-state index in [0.717, 1.165) is 56.9 Å². The first-order valence-electron chi connectivity index (χ1n) is 10.6. The number of rotatable bonds is 2. The molecular weight excluding hydrogens is 420 g/mol. The first-order valence-corrected chi connectivity index (χ1v) is 11.0. The van der Waals surface area contributed by atoms with E-state index in [9.17, 15) is 9.59 Å². The largest absolute Gasteiger partial charge is 0.366 e. The minimum atomic E-state index is -0.322. The van der Waals surface area contributed by atoms with E-state index < -0.39 is 0 Å². The third-order valence-electron chi connectivity index (χ3n) is 6.51. The zero-order valence-electron chi connectivity index (χ0n) is 17.4. The van der Waals surface area contributed by atoms with Gasteiger partial charge in [0.25, 0.3) is 11.8 Å². The molecule has 0 fully saturated rings. The lowest BCUT2D eigenvalue weighted by Crippen LogP contribution is -2.31. The van der Waals surface area contributed by atoms with Crippen LogP contribution in [0.25, 0.3) is 32.9 Å². The molecule has 1 aromatic heterocycles. The van der Waals surface area contributed by atoms with Crippen LogP contribution in [0.1, 0.15) is 37.4 Å². The van der Waals surface area contributed by atoms with E-state index in [1.807, 2.05) is 24.3 Å². The van der Waals surface area contributed by atoms with Crippen molar-refractivity contribution in [1.82, 2.24) is 20.9 Å². The van der Waals surface area contributed by atoms with Gasteiger partial charge < -0.3 is 15.6 Å². The molecule has 7 heteroatoms. The summed E-state index contributed by atoms with van der Waals surface area (Å²) in [5.74, 6) is -0.619. The summed E-state index contributed by atoms with van der Waals surface area (Å²) in [6.07, 6.45) is 1.58. The zero-order valence-corrected chi connectivity index (χ0v) is 18.2. The fraction of sp³-hybridized carbons (Fsp3) is 0.160. The van der Waals surface area contributed by atoms with Crippen LogP contribution < -0.4 is 16.0 Å². The van der Waals surface area contributed by atoms with E-state index in [1.165, 1.54) is 5.56 Å². The van der Waals surface area contributed by atoms with E-state index in [4.69, 9.17) is 12.2 Å². The number of aromatic nitrogens is 1. The van der Waals surface area contributed by atoms with E-state index in [2.05, 4.69) is 39.1 Å². The number of hydrogen-bond acceptors (Lipinski definition) is 3. The first-order chi connectivity index (χ1) is 15.6. The summed E-state index contributed by atoms with van der Waals surface area (Å²) in [5.41, 5.74) is 8.30. The number of fused-ring (bicyclic) bond motifs is 10. The molecule has 0 saturated heterocycles. The second-order valence-electron chi connectivity index (χ2n) is 8.23. The summed E-state index contributed by atoms with van der Waals surface area (Å²) >= 11 is 5.19. The van der Waals surface area contributed by atoms with Gasteiger partial charge in [-0.15, -0.1) is 0 Å². The lowest BCUT2D eigenvalue weighted by molar-refractivity contribution is 0.0880. The summed E-state index contributed by atoms with van der Waals surface area (Å²) in [4.78, 5) is 29.3. The second kappa shape index (κ2) is 6.90. The lowest BCUT2D eigenvalue weighted by Gasteiger charge is -2.22. The van der Waals surface area contributed by atoms with Gasteiger partial charge in [-0.2, -0.15) is 0 Å². The Labute approximate surface area is 189 Å². The molecule has 32 heavy (non-hydrogen) atoms. The average Bonchev–Trinajstić information content (AvgIpc) is 3.33. The SMILES string of the molecule is CNC(=S)NCc1ccc2[nH]c3c4c(c5c(c3c2c1)C(=O)NC5=O)CCc1ccccc1-4. The van der Waals surface area contributed by atoms with Gasteiger partial charge in [-0.25, -0.2) is 0 Å². The molecule has 2 aliphatic rings. The van der Waals surface area contributed by atoms with Gasteiger partial charge in [-0.1, -0.05) is 30.3 Å². The van der Waals surface area contributed by atoms with Gasteiger partial charge in [-0.3, -0.25) is 14.9 Å². The summed E-state index contributed by atoms with van der Waals surface area (Å²) < 4.78 is 0. The van der Waals surface area contributed by atoms with Gasteiger partial charge in [0.1, 0.15) is 0 Å². The molecule has 6 nitrogen and oxygen atoms in total. The quantitative estimate of drug-likeness (QED) is 0.283. The molecule has 1 aliphatic heterocycles. The number of hydrogen-bond donors (Lipinski definition) is 4. The Bertz CT molecular complexity index is 1500. The highest BCUT2D eigenvalue weighted by Crippen LogP contribution is 2.45. The average molecular weight is 441 g/mol. The Hall–Kier alpha value is -3.71. The van der Waals surface area contributed by atoms with Crippen LogP contribution in [0.5, 0.6) is 0 Å². The molecular formula is C25H20N4O2S. The van der Waals surface area contributed by atoms with Crippen LogP contribution in [0.4, 0.5) is 0 Å². The standard InChI is InChI=1S/C25H20N4O2S/c1-26-25(32)27-11-12-6-9-17-16(10-12)19-21-20(23(30)29-24(21)31)15-8-7-13-4-2-3-5-14(13)18(15)22(19)28-17/h2-6,9-10,28H,7-8,11H2,1H3,(H2,26,27,32)(H,29,30,31). The molecule has 4 N–H and O–H groups in total. The van der Waals surface area contributed by atoms with Gasteiger partial charge in [0.05, 0.1) is 16.6 Å². The van der Waals surface area contributed by atoms with Crippen LogP contribution in [0.3, 0.4) is 0 Å². The maximum absolute atomic E-state index is 12.9. The Morgan fingerprint density at radius 1 is 1.03 bits per heavy atom. The van der Waals surface area contributed by atoms with Crippen LogP contribution in [-0.2, 0) is 19.4 Å². The zero-order chi connectivity index (χ0) is 22.0. The molecule has 158 valence electrons. The predicted octanol–water partition coefficient (Wildman–Crippen LogP) is 3.56. The van der Waals surface area contributed by atoms with E-state index in [1.54, 1.807) is 7.05 Å². The number of carbonyl (C=O) groups is 2. The number of H-pyrrole nitrogens is 1. The molecule has 2 heterocycles. The molecule has 0 radical (unpaired) electrons. The number of benzene rings is 3. The van der Waals surface area contributed by atoms with Crippen molar-refractivity contribution in [1.29, 1.82) is 0 Å². The maximum atomic E-state index is 12.9.